The van der Waals surface area contributed by atoms with Crippen molar-refractivity contribution in [1.29, 1.82) is 0 Å². The van der Waals surface area contributed by atoms with Gasteiger partial charge in [0.1, 0.15) is 11.6 Å². The molecule has 0 saturated heterocycles. The van der Waals surface area contributed by atoms with E-state index in [9.17, 15) is 8.78 Å². The van der Waals surface area contributed by atoms with Crippen molar-refractivity contribution in [3.05, 3.63) is 68.2 Å². The van der Waals surface area contributed by atoms with E-state index < -0.39 is 17.7 Å². The van der Waals surface area contributed by atoms with Gasteiger partial charge in [0.25, 0.3) is 0 Å². The van der Waals surface area contributed by atoms with E-state index >= 15 is 0 Å². The van der Waals surface area contributed by atoms with E-state index in [-0.39, 0.29) is 0 Å². The summed E-state index contributed by atoms with van der Waals surface area (Å²) in [5.41, 5.74) is 1.54. The number of rotatable bonds is 4. The van der Waals surface area contributed by atoms with Crippen LogP contribution < -0.4 is 5.32 Å². The lowest BCUT2D eigenvalue weighted by molar-refractivity contribution is 0.537. The van der Waals surface area contributed by atoms with Gasteiger partial charge in [0.05, 0.1) is 6.04 Å². The first-order chi connectivity index (χ1) is 9.93. The normalized spacial score (nSPS) is 12.5. The van der Waals surface area contributed by atoms with E-state index in [1.165, 1.54) is 6.07 Å². The lowest BCUT2D eigenvalue weighted by atomic mass is 9.96. The number of aryl methyl sites for hydroxylation is 1. The Kier molecular flexibility index (Phi) is 5.36. The highest BCUT2D eigenvalue weighted by Crippen LogP contribution is 2.32. The molecule has 5 heteroatoms. The van der Waals surface area contributed by atoms with Crippen molar-refractivity contribution < 1.29 is 8.78 Å². The molecular formula is C16H15BrClF2N. The Hall–Kier alpha value is -0.970. The third-order valence-corrected chi connectivity index (χ3v) is 4.10. The molecule has 0 aliphatic heterocycles. The zero-order valence-electron chi connectivity index (χ0n) is 11.7. The highest BCUT2D eigenvalue weighted by Gasteiger charge is 2.21. The van der Waals surface area contributed by atoms with Crippen molar-refractivity contribution in [2.45, 2.75) is 19.9 Å². The minimum Gasteiger partial charge on any atom is -0.306 e. The van der Waals surface area contributed by atoms with Gasteiger partial charge in [0.2, 0.25) is 0 Å². The van der Waals surface area contributed by atoms with Gasteiger partial charge in [0.15, 0.2) is 0 Å². The second kappa shape index (κ2) is 6.86. The van der Waals surface area contributed by atoms with Crippen molar-refractivity contribution >= 4 is 27.5 Å². The Bertz CT molecular complexity index is 661. The molecular weight excluding hydrogens is 360 g/mol. The van der Waals surface area contributed by atoms with Crippen LogP contribution in [0.4, 0.5) is 8.78 Å². The number of benzene rings is 2. The standard InChI is InChI=1S/C16H15BrClF2N/c1-3-21-16(11-7-10(17)4-5-13(11)18)12-6-9(2)14(19)8-15(12)20/h4-8,16,21H,3H2,1-2H3. The van der Waals surface area contributed by atoms with Crippen molar-refractivity contribution in [2.75, 3.05) is 6.54 Å². The van der Waals surface area contributed by atoms with Gasteiger partial charge < -0.3 is 5.32 Å². The van der Waals surface area contributed by atoms with E-state index in [0.717, 1.165) is 16.1 Å². The summed E-state index contributed by atoms with van der Waals surface area (Å²) < 4.78 is 28.5. The molecule has 1 unspecified atom stereocenters. The van der Waals surface area contributed by atoms with Crippen LogP contribution in [-0.4, -0.2) is 6.54 Å². The second-order valence-corrected chi connectivity index (χ2v) is 6.10. The second-order valence-electron chi connectivity index (χ2n) is 4.78. The van der Waals surface area contributed by atoms with Crippen LogP contribution in [0.15, 0.2) is 34.8 Å². The van der Waals surface area contributed by atoms with Crippen molar-refractivity contribution in [3.63, 3.8) is 0 Å². The van der Waals surface area contributed by atoms with Gasteiger partial charge in [-0.05, 0) is 48.9 Å². The fourth-order valence-electron chi connectivity index (χ4n) is 2.23. The average Bonchev–Trinajstić information content (AvgIpc) is 2.43. The van der Waals surface area contributed by atoms with E-state index in [0.29, 0.717) is 22.7 Å². The third-order valence-electron chi connectivity index (χ3n) is 3.27. The number of nitrogens with one attached hydrogen (secondary N) is 1. The molecule has 2 aromatic carbocycles. The topological polar surface area (TPSA) is 12.0 Å². The zero-order chi connectivity index (χ0) is 15.6. The van der Waals surface area contributed by atoms with E-state index in [4.69, 9.17) is 11.6 Å². The summed E-state index contributed by atoms with van der Waals surface area (Å²) in [6, 6.07) is 7.42. The summed E-state index contributed by atoms with van der Waals surface area (Å²) in [6.07, 6.45) is 0. The minimum atomic E-state index is -0.583. The van der Waals surface area contributed by atoms with Gasteiger partial charge in [-0.1, -0.05) is 34.5 Å². The largest absolute Gasteiger partial charge is 0.306 e. The minimum absolute atomic E-state index is 0.385. The van der Waals surface area contributed by atoms with Crippen LogP contribution in [0.2, 0.25) is 5.02 Å². The maximum atomic E-state index is 14.2. The van der Waals surface area contributed by atoms with Crippen molar-refractivity contribution in [1.82, 2.24) is 5.32 Å². The van der Waals surface area contributed by atoms with Crippen LogP contribution in [0.3, 0.4) is 0 Å². The Morgan fingerprint density at radius 1 is 1.14 bits per heavy atom. The summed E-state index contributed by atoms with van der Waals surface area (Å²) in [4.78, 5) is 0. The highest BCUT2D eigenvalue weighted by atomic mass is 79.9. The van der Waals surface area contributed by atoms with Crippen LogP contribution >= 0.6 is 27.5 Å². The molecule has 0 aliphatic rings. The lowest BCUT2D eigenvalue weighted by Crippen LogP contribution is -2.23. The van der Waals surface area contributed by atoms with Crippen LogP contribution in [0, 0.1) is 18.6 Å². The molecule has 0 spiro atoms. The first kappa shape index (κ1) is 16.4. The molecule has 112 valence electrons. The van der Waals surface area contributed by atoms with Gasteiger partial charge in [-0.3, -0.25) is 0 Å². The van der Waals surface area contributed by atoms with Gasteiger partial charge in [-0.2, -0.15) is 0 Å². The molecule has 0 fully saturated rings. The maximum Gasteiger partial charge on any atom is 0.131 e. The van der Waals surface area contributed by atoms with Crippen LogP contribution in [0.25, 0.3) is 0 Å². The summed E-state index contributed by atoms with van der Waals surface area (Å²) in [5, 5.41) is 3.74. The maximum absolute atomic E-state index is 14.2. The summed E-state index contributed by atoms with van der Waals surface area (Å²) in [7, 11) is 0. The first-order valence-electron chi connectivity index (χ1n) is 6.58. The van der Waals surface area contributed by atoms with Gasteiger partial charge in [-0.15, -0.1) is 0 Å². The van der Waals surface area contributed by atoms with Crippen molar-refractivity contribution in [2.24, 2.45) is 0 Å². The Labute approximate surface area is 136 Å². The van der Waals surface area contributed by atoms with E-state index in [1.54, 1.807) is 13.0 Å². The van der Waals surface area contributed by atoms with Crippen LogP contribution in [0.1, 0.15) is 29.7 Å². The molecule has 0 saturated carbocycles. The summed E-state index contributed by atoms with van der Waals surface area (Å²) >= 11 is 9.64. The monoisotopic (exact) mass is 373 g/mol. The SMILES string of the molecule is CCNC(c1cc(C)c(F)cc1F)c1cc(Br)ccc1Cl. The Balaban J connectivity index is 2.58. The fourth-order valence-corrected chi connectivity index (χ4v) is 2.83. The van der Waals surface area contributed by atoms with Crippen LogP contribution in [-0.2, 0) is 0 Å². The number of hydrogen-bond donors (Lipinski definition) is 1. The zero-order valence-corrected chi connectivity index (χ0v) is 14.0. The smallest absolute Gasteiger partial charge is 0.131 e. The molecule has 1 N–H and O–H groups in total. The third kappa shape index (κ3) is 3.62. The fraction of sp³-hybridized carbons (Fsp3) is 0.250. The van der Waals surface area contributed by atoms with Crippen molar-refractivity contribution in [3.8, 4) is 0 Å². The van der Waals surface area contributed by atoms with Gasteiger partial charge in [-0.25, -0.2) is 8.78 Å². The van der Waals surface area contributed by atoms with Crippen LogP contribution in [0.5, 0.6) is 0 Å². The molecule has 0 amide bonds. The first-order valence-corrected chi connectivity index (χ1v) is 7.75. The predicted octanol–water partition coefficient (Wildman–Crippen LogP) is 5.39. The molecule has 0 radical (unpaired) electrons. The molecule has 21 heavy (non-hydrogen) atoms. The highest BCUT2D eigenvalue weighted by molar-refractivity contribution is 9.10. The number of halogens is 4. The summed E-state index contributed by atoms with van der Waals surface area (Å²) in [6.45, 7) is 4.17. The Morgan fingerprint density at radius 2 is 1.86 bits per heavy atom. The molecule has 2 rings (SSSR count). The van der Waals surface area contributed by atoms with Gasteiger partial charge in [0, 0.05) is 21.1 Å². The molecule has 0 aromatic heterocycles. The van der Waals surface area contributed by atoms with E-state index in [2.05, 4.69) is 21.2 Å². The average molecular weight is 375 g/mol. The molecule has 0 aliphatic carbocycles. The Morgan fingerprint density at radius 3 is 2.52 bits per heavy atom. The lowest BCUT2D eigenvalue weighted by Gasteiger charge is -2.21. The molecule has 2 aromatic rings. The quantitative estimate of drug-likeness (QED) is 0.757. The predicted molar refractivity (Wildman–Crippen MR) is 85.8 cm³/mol. The van der Waals surface area contributed by atoms with E-state index in [1.807, 2.05) is 19.1 Å². The molecule has 1 atom stereocenters. The van der Waals surface area contributed by atoms with Gasteiger partial charge >= 0.3 is 0 Å². The molecule has 1 nitrogen and oxygen atoms in total. The molecule has 0 bridgehead atoms. The summed E-state index contributed by atoms with van der Waals surface area (Å²) in [5.74, 6) is -1.13. The number of hydrogen-bond acceptors (Lipinski definition) is 1. The molecule has 0 heterocycles.